The van der Waals surface area contributed by atoms with E-state index >= 15 is 0 Å². The molecular weight excluding hydrogens is 174 g/mol. The summed E-state index contributed by atoms with van der Waals surface area (Å²) in [5.41, 5.74) is 3.19. The van der Waals surface area contributed by atoms with Gasteiger partial charge in [0.2, 0.25) is 0 Å². The van der Waals surface area contributed by atoms with Crippen molar-refractivity contribution in [3.8, 4) is 0 Å². The van der Waals surface area contributed by atoms with Crippen molar-refractivity contribution in [1.82, 2.24) is 9.97 Å². The fourth-order valence-corrected chi connectivity index (χ4v) is 1.86. The van der Waals surface area contributed by atoms with Gasteiger partial charge in [-0.25, -0.2) is 9.97 Å². The molecule has 0 aliphatic carbocycles. The first-order valence-corrected chi connectivity index (χ1v) is 4.92. The van der Waals surface area contributed by atoms with E-state index in [0.29, 0.717) is 0 Å². The number of aromatic nitrogens is 2. The second-order valence-electron chi connectivity index (χ2n) is 3.56. The van der Waals surface area contributed by atoms with Gasteiger partial charge in [0.25, 0.3) is 0 Å². The molecule has 0 saturated heterocycles. The Balaban J connectivity index is 2.27. The van der Waals surface area contributed by atoms with Crippen molar-refractivity contribution in [1.29, 1.82) is 0 Å². The first-order valence-electron chi connectivity index (χ1n) is 4.92. The Morgan fingerprint density at radius 1 is 1.36 bits per heavy atom. The number of nitrogens with one attached hydrogen (secondary N) is 1. The topological polar surface area (TPSA) is 37.8 Å². The van der Waals surface area contributed by atoms with Gasteiger partial charge in [-0.3, -0.25) is 0 Å². The largest absolute Gasteiger partial charge is 0.384 e. The minimum absolute atomic E-state index is 0.856. The molecule has 2 aromatic heterocycles. The summed E-state index contributed by atoms with van der Waals surface area (Å²) >= 11 is 0. The Kier molecular flexibility index (Phi) is 1.63. The molecule has 0 saturated carbocycles. The Labute approximate surface area is 82.2 Å². The van der Waals surface area contributed by atoms with E-state index in [1.54, 1.807) is 6.20 Å². The van der Waals surface area contributed by atoms with E-state index in [2.05, 4.69) is 21.4 Å². The number of anilines is 1. The number of pyridine rings is 2. The van der Waals surface area contributed by atoms with Gasteiger partial charge in [-0.15, -0.1) is 0 Å². The summed E-state index contributed by atoms with van der Waals surface area (Å²) < 4.78 is 0. The predicted molar refractivity (Wildman–Crippen MR) is 56.3 cm³/mol. The molecule has 0 unspecified atom stereocenters. The molecule has 70 valence electrons. The second-order valence-corrected chi connectivity index (χ2v) is 3.56. The molecular formula is C11H11N3. The first kappa shape index (κ1) is 7.74. The SMILES string of the molecule is c1cnc2nc3c(cc2c1)NCCC3. The lowest BCUT2D eigenvalue weighted by atomic mass is 10.1. The van der Waals surface area contributed by atoms with Gasteiger partial charge < -0.3 is 5.32 Å². The number of fused-ring (bicyclic) bond motifs is 2. The van der Waals surface area contributed by atoms with Crippen molar-refractivity contribution in [3.05, 3.63) is 30.1 Å². The van der Waals surface area contributed by atoms with Gasteiger partial charge in [0.15, 0.2) is 5.65 Å². The van der Waals surface area contributed by atoms with Crippen LogP contribution in [0.1, 0.15) is 12.1 Å². The lowest BCUT2D eigenvalue weighted by Crippen LogP contribution is -2.13. The molecule has 0 aromatic carbocycles. The van der Waals surface area contributed by atoms with Crippen LogP contribution in [0.3, 0.4) is 0 Å². The van der Waals surface area contributed by atoms with Crippen LogP contribution in [0.15, 0.2) is 24.4 Å². The summed E-state index contributed by atoms with van der Waals surface area (Å²) in [5.74, 6) is 0. The predicted octanol–water partition coefficient (Wildman–Crippen LogP) is 1.99. The molecule has 2 aromatic rings. The standard InChI is InChI=1S/C11H11N3/c1-3-8-7-10-9(4-2-5-12-10)14-11(8)13-6-1/h1,3,6-7,12H,2,4-5H2. The molecule has 1 aliphatic heterocycles. The van der Waals surface area contributed by atoms with Crippen molar-refractivity contribution in [3.63, 3.8) is 0 Å². The molecule has 0 amide bonds. The van der Waals surface area contributed by atoms with Crippen LogP contribution in [0.5, 0.6) is 0 Å². The fourth-order valence-electron chi connectivity index (χ4n) is 1.86. The summed E-state index contributed by atoms with van der Waals surface area (Å²) in [6.45, 7) is 1.06. The molecule has 1 N–H and O–H groups in total. The molecule has 3 heteroatoms. The molecule has 3 nitrogen and oxygen atoms in total. The van der Waals surface area contributed by atoms with Crippen molar-refractivity contribution in [2.75, 3.05) is 11.9 Å². The normalized spacial score (nSPS) is 14.9. The van der Waals surface area contributed by atoms with Crippen LogP contribution in [0.4, 0.5) is 5.69 Å². The van der Waals surface area contributed by atoms with E-state index in [-0.39, 0.29) is 0 Å². The third-order valence-corrected chi connectivity index (χ3v) is 2.57. The van der Waals surface area contributed by atoms with Gasteiger partial charge in [0.1, 0.15) is 0 Å². The maximum absolute atomic E-state index is 4.54. The van der Waals surface area contributed by atoms with Crippen LogP contribution in [0, 0.1) is 0 Å². The molecule has 0 bridgehead atoms. The van der Waals surface area contributed by atoms with E-state index < -0.39 is 0 Å². The summed E-state index contributed by atoms with van der Waals surface area (Å²) in [4.78, 5) is 8.79. The third-order valence-electron chi connectivity index (χ3n) is 2.57. The minimum atomic E-state index is 0.856. The zero-order chi connectivity index (χ0) is 9.38. The monoisotopic (exact) mass is 185 g/mol. The van der Waals surface area contributed by atoms with Crippen LogP contribution < -0.4 is 5.32 Å². The van der Waals surface area contributed by atoms with E-state index in [0.717, 1.165) is 29.7 Å². The molecule has 1 aliphatic rings. The maximum atomic E-state index is 4.54. The van der Waals surface area contributed by atoms with Gasteiger partial charge in [0, 0.05) is 18.1 Å². The van der Waals surface area contributed by atoms with E-state index in [1.807, 2.05) is 12.1 Å². The van der Waals surface area contributed by atoms with E-state index in [1.165, 1.54) is 12.1 Å². The molecule has 0 radical (unpaired) electrons. The van der Waals surface area contributed by atoms with E-state index in [9.17, 15) is 0 Å². The van der Waals surface area contributed by atoms with Gasteiger partial charge in [-0.2, -0.15) is 0 Å². The number of nitrogens with zero attached hydrogens (tertiary/aromatic N) is 2. The highest BCUT2D eigenvalue weighted by molar-refractivity contribution is 5.79. The van der Waals surface area contributed by atoms with Gasteiger partial charge in [-0.1, -0.05) is 0 Å². The second kappa shape index (κ2) is 2.94. The Morgan fingerprint density at radius 3 is 3.36 bits per heavy atom. The zero-order valence-corrected chi connectivity index (χ0v) is 7.83. The van der Waals surface area contributed by atoms with Crippen LogP contribution in [0.2, 0.25) is 0 Å². The number of aryl methyl sites for hydroxylation is 1. The minimum Gasteiger partial charge on any atom is -0.384 e. The fraction of sp³-hybridized carbons (Fsp3) is 0.273. The number of hydrogen-bond donors (Lipinski definition) is 1. The first-order chi connectivity index (χ1) is 6.93. The lowest BCUT2D eigenvalue weighted by molar-refractivity contribution is 0.805. The highest BCUT2D eigenvalue weighted by atomic mass is 14.9. The molecule has 14 heavy (non-hydrogen) atoms. The number of hydrogen-bond acceptors (Lipinski definition) is 3. The molecule has 0 atom stereocenters. The average molecular weight is 185 g/mol. The van der Waals surface area contributed by atoms with Crippen molar-refractivity contribution in [2.24, 2.45) is 0 Å². The van der Waals surface area contributed by atoms with Crippen LogP contribution in [-0.2, 0) is 6.42 Å². The van der Waals surface area contributed by atoms with Gasteiger partial charge in [-0.05, 0) is 31.0 Å². The smallest absolute Gasteiger partial charge is 0.159 e. The summed E-state index contributed by atoms with van der Waals surface area (Å²) in [6.07, 6.45) is 4.02. The molecule has 0 fully saturated rings. The molecule has 3 heterocycles. The highest BCUT2D eigenvalue weighted by Crippen LogP contribution is 2.23. The summed E-state index contributed by atoms with van der Waals surface area (Å²) in [6, 6.07) is 6.13. The summed E-state index contributed by atoms with van der Waals surface area (Å²) in [7, 11) is 0. The Morgan fingerprint density at radius 2 is 2.36 bits per heavy atom. The molecule has 0 spiro atoms. The lowest BCUT2D eigenvalue weighted by Gasteiger charge is -2.16. The number of rotatable bonds is 0. The van der Waals surface area contributed by atoms with Gasteiger partial charge in [0.05, 0.1) is 11.4 Å². The zero-order valence-electron chi connectivity index (χ0n) is 7.83. The highest BCUT2D eigenvalue weighted by Gasteiger charge is 2.10. The Hall–Kier alpha value is -1.64. The average Bonchev–Trinajstić information content (AvgIpc) is 2.26. The quantitative estimate of drug-likeness (QED) is 0.682. The van der Waals surface area contributed by atoms with Crippen molar-refractivity contribution >= 4 is 16.7 Å². The third kappa shape index (κ3) is 1.13. The Bertz CT molecular complexity index is 434. The maximum Gasteiger partial charge on any atom is 0.159 e. The van der Waals surface area contributed by atoms with Crippen molar-refractivity contribution in [2.45, 2.75) is 12.8 Å². The van der Waals surface area contributed by atoms with Crippen LogP contribution in [-0.4, -0.2) is 16.5 Å². The van der Waals surface area contributed by atoms with E-state index in [4.69, 9.17) is 0 Å². The van der Waals surface area contributed by atoms with Crippen LogP contribution in [0.25, 0.3) is 11.0 Å². The molecule has 3 rings (SSSR count). The van der Waals surface area contributed by atoms with Crippen molar-refractivity contribution < 1.29 is 0 Å². The van der Waals surface area contributed by atoms with Gasteiger partial charge >= 0.3 is 0 Å². The van der Waals surface area contributed by atoms with Crippen LogP contribution >= 0.6 is 0 Å². The summed E-state index contributed by atoms with van der Waals surface area (Å²) in [5, 5.41) is 4.48.